The van der Waals surface area contributed by atoms with Gasteiger partial charge < -0.3 is 0 Å². The van der Waals surface area contributed by atoms with Gasteiger partial charge in [-0.25, -0.2) is 0 Å². The molecule has 0 heteroatoms. The Morgan fingerprint density at radius 2 is 0.138 bits per heavy atom. The van der Waals surface area contributed by atoms with Crippen LogP contribution in [0.5, 0.6) is 0 Å². The molecule has 58 heavy (non-hydrogen) atoms. The summed E-state index contributed by atoms with van der Waals surface area (Å²) in [6.07, 6.45) is 83.4. The normalized spacial score (nSPS) is 11.7. The molecule has 0 aliphatic rings. The van der Waals surface area contributed by atoms with Crippen molar-refractivity contribution in [1.29, 1.82) is 0 Å². The minimum Gasteiger partial charge on any atom is -0.0654 e. The van der Waals surface area contributed by atoms with E-state index in [1.807, 2.05) is 0 Å². The lowest BCUT2D eigenvalue weighted by Crippen LogP contribution is -1.85. The molecular weight excluding hydrogens is 697 g/mol. The molecule has 0 aliphatic carbocycles. The Hall–Kier alpha value is 0. The largest absolute Gasteiger partial charge is 0.0654 e. The topological polar surface area (TPSA) is 0 Å². The predicted octanol–water partition coefficient (Wildman–Crippen LogP) is 22.9. The molecule has 0 heterocycles. The van der Waals surface area contributed by atoms with E-state index in [9.17, 15) is 0 Å². The van der Waals surface area contributed by atoms with Crippen molar-refractivity contribution in [2.75, 3.05) is 0 Å². The maximum atomic E-state index is 2.31. The fourth-order valence-electron chi connectivity index (χ4n) is 9.69. The molecule has 0 amide bonds. The van der Waals surface area contributed by atoms with E-state index in [0.29, 0.717) is 0 Å². The third-order valence-electron chi connectivity index (χ3n) is 14.0. The zero-order chi connectivity index (χ0) is 41.6. The molecule has 0 N–H and O–H groups in total. The lowest BCUT2D eigenvalue weighted by molar-refractivity contribution is 0.507. The van der Waals surface area contributed by atoms with Crippen LogP contribution in [0.3, 0.4) is 0 Å². The molecule has 0 radical (unpaired) electrons. The maximum Gasteiger partial charge on any atom is -0.0533 e. The van der Waals surface area contributed by atoms with Gasteiger partial charge in [0.15, 0.2) is 0 Å². The highest BCUT2D eigenvalue weighted by Gasteiger charge is 1.99. The zero-order valence-electron chi connectivity index (χ0n) is 41.6. The Morgan fingerprint density at radius 1 is 0.0862 bits per heavy atom. The number of unbranched alkanes of at least 4 members (excludes halogenated alkanes) is 55. The first-order valence-electron chi connectivity index (χ1n) is 28.9. The summed E-state index contributed by atoms with van der Waals surface area (Å²) in [4.78, 5) is 0. The highest BCUT2D eigenvalue weighted by atomic mass is 14.1. The van der Waals surface area contributed by atoms with Gasteiger partial charge in [0.05, 0.1) is 0 Å². The third-order valence-corrected chi connectivity index (χ3v) is 14.0. The van der Waals surface area contributed by atoms with Crippen molar-refractivity contribution in [3.8, 4) is 0 Å². The van der Waals surface area contributed by atoms with E-state index < -0.39 is 0 Å². The molecule has 0 saturated heterocycles. The molecule has 0 nitrogen and oxygen atoms in total. The predicted molar refractivity (Wildman–Crippen MR) is 270 cm³/mol. The fraction of sp³-hybridized carbons (Fsp3) is 1.00. The first-order valence-corrected chi connectivity index (χ1v) is 28.9. The molecule has 0 aromatic heterocycles. The Balaban J connectivity index is 3.05. The zero-order valence-corrected chi connectivity index (χ0v) is 41.6. The van der Waals surface area contributed by atoms with Gasteiger partial charge in [-0.05, 0) is 0 Å². The van der Waals surface area contributed by atoms with Crippen LogP contribution < -0.4 is 0 Å². The maximum absolute atomic E-state index is 2.31. The molecule has 0 bridgehead atoms. The van der Waals surface area contributed by atoms with Crippen molar-refractivity contribution in [2.24, 2.45) is 0 Å². The van der Waals surface area contributed by atoms with Crippen molar-refractivity contribution in [3.05, 3.63) is 0 Å². The second-order valence-electron chi connectivity index (χ2n) is 20.1. The minimum absolute atomic E-state index is 1.37. The van der Waals surface area contributed by atoms with Crippen LogP contribution in [0.15, 0.2) is 0 Å². The van der Waals surface area contributed by atoms with Gasteiger partial charge in [0.2, 0.25) is 0 Å². The standard InChI is InChI=1S/C58H118/c1-3-5-7-9-11-13-15-17-19-21-23-25-27-29-31-33-35-37-39-41-43-45-47-49-51-53-55-57-58-56-54-52-50-48-46-44-42-40-38-36-34-32-30-28-26-24-22-20-18-16-14-12-10-8-6-4-2/h3-58H2,1-2H3. The Labute approximate surface area is 372 Å². The van der Waals surface area contributed by atoms with Crippen molar-refractivity contribution in [1.82, 2.24) is 0 Å². The molecule has 0 fully saturated rings. The fourth-order valence-corrected chi connectivity index (χ4v) is 9.69. The van der Waals surface area contributed by atoms with Crippen LogP contribution in [-0.4, -0.2) is 0 Å². The van der Waals surface area contributed by atoms with Gasteiger partial charge in [-0.3, -0.25) is 0 Å². The number of hydrogen-bond donors (Lipinski definition) is 0. The molecule has 0 rings (SSSR count). The summed E-state index contributed by atoms with van der Waals surface area (Å²) in [5, 5.41) is 0. The third kappa shape index (κ3) is 56.0. The Bertz CT molecular complexity index is 594. The molecule has 350 valence electrons. The SMILES string of the molecule is CCCCCCCCCCCCCCCCCCCCCCCCCCCCCCCCCCCCCCCCCCCCCCCCCCCCCCCCCC. The summed E-state index contributed by atoms with van der Waals surface area (Å²) in [5.74, 6) is 0. The van der Waals surface area contributed by atoms with Crippen molar-refractivity contribution < 1.29 is 0 Å². The molecule has 0 spiro atoms. The number of hydrogen-bond acceptors (Lipinski definition) is 0. The van der Waals surface area contributed by atoms with Crippen LogP contribution in [0.2, 0.25) is 0 Å². The summed E-state index contributed by atoms with van der Waals surface area (Å²) >= 11 is 0. The highest BCUT2D eigenvalue weighted by molar-refractivity contribution is 4.55. The molecular formula is C58H118. The van der Waals surface area contributed by atoms with Crippen molar-refractivity contribution >= 4 is 0 Å². The van der Waals surface area contributed by atoms with E-state index in [-0.39, 0.29) is 0 Å². The van der Waals surface area contributed by atoms with Crippen LogP contribution in [0.4, 0.5) is 0 Å². The summed E-state index contributed by atoms with van der Waals surface area (Å²) in [5.41, 5.74) is 0. The highest BCUT2D eigenvalue weighted by Crippen LogP contribution is 2.19. The molecule has 0 aromatic rings. The van der Waals surface area contributed by atoms with Crippen molar-refractivity contribution in [2.45, 2.75) is 373 Å². The summed E-state index contributed by atoms with van der Waals surface area (Å²) in [7, 11) is 0. The van der Waals surface area contributed by atoms with Gasteiger partial charge in [-0.2, -0.15) is 0 Å². The first-order chi connectivity index (χ1) is 28.9. The summed E-state index contributed by atoms with van der Waals surface area (Å²) in [6, 6.07) is 0. The quantitative estimate of drug-likeness (QED) is 0.0537. The minimum atomic E-state index is 1.37. The van der Waals surface area contributed by atoms with E-state index in [0.717, 1.165) is 0 Å². The van der Waals surface area contributed by atoms with Gasteiger partial charge in [-0.15, -0.1) is 0 Å². The van der Waals surface area contributed by atoms with Gasteiger partial charge >= 0.3 is 0 Å². The van der Waals surface area contributed by atoms with E-state index in [1.165, 1.54) is 360 Å². The van der Waals surface area contributed by atoms with E-state index in [4.69, 9.17) is 0 Å². The monoisotopic (exact) mass is 815 g/mol. The van der Waals surface area contributed by atoms with Crippen LogP contribution in [0.25, 0.3) is 0 Å². The van der Waals surface area contributed by atoms with Crippen molar-refractivity contribution in [3.63, 3.8) is 0 Å². The lowest BCUT2D eigenvalue weighted by Gasteiger charge is -2.05. The lowest BCUT2D eigenvalue weighted by atomic mass is 10.0. The van der Waals surface area contributed by atoms with Crippen LogP contribution in [-0.2, 0) is 0 Å². The van der Waals surface area contributed by atoms with Gasteiger partial charge in [0.1, 0.15) is 0 Å². The van der Waals surface area contributed by atoms with Gasteiger partial charge in [0, 0.05) is 0 Å². The van der Waals surface area contributed by atoms with Crippen LogP contribution in [0, 0.1) is 0 Å². The molecule has 0 saturated carbocycles. The van der Waals surface area contributed by atoms with E-state index in [1.54, 1.807) is 0 Å². The molecule has 0 aliphatic heterocycles. The molecule has 0 unspecified atom stereocenters. The van der Waals surface area contributed by atoms with Gasteiger partial charge in [0.25, 0.3) is 0 Å². The molecule has 0 atom stereocenters. The smallest absolute Gasteiger partial charge is 0.0533 e. The second kappa shape index (κ2) is 57.0. The van der Waals surface area contributed by atoms with E-state index in [2.05, 4.69) is 13.8 Å². The first kappa shape index (κ1) is 58.0. The van der Waals surface area contributed by atoms with Gasteiger partial charge in [-0.1, -0.05) is 373 Å². The van der Waals surface area contributed by atoms with Crippen LogP contribution >= 0.6 is 0 Å². The van der Waals surface area contributed by atoms with Crippen LogP contribution in [0.1, 0.15) is 373 Å². The van der Waals surface area contributed by atoms with E-state index >= 15 is 0 Å². The number of rotatable bonds is 55. The average molecular weight is 816 g/mol. The Kier molecular flexibility index (Phi) is 57.0. The summed E-state index contributed by atoms with van der Waals surface area (Å²) in [6.45, 7) is 4.63. The second-order valence-corrected chi connectivity index (χ2v) is 20.1. The molecule has 0 aromatic carbocycles. The summed E-state index contributed by atoms with van der Waals surface area (Å²) < 4.78 is 0. The Morgan fingerprint density at radius 3 is 0.190 bits per heavy atom. The average Bonchev–Trinajstić information content (AvgIpc) is 3.23.